The van der Waals surface area contributed by atoms with E-state index in [-0.39, 0.29) is 23.9 Å². The second-order valence-corrected chi connectivity index (χ2v) is 5.93. The van der Waals surface area contributed by atoms with E-state index in [2.05, 4.69) is 0 Å². The van der Waals surface area contributed by atoms with Gasteiger partial charge in [0.1, 0.15) is 11.5 Å². The number of allylic oxidation sites excluding steroid dienone is 1. The van der Waals surface area contributed by atoms with Crippen molar-refractivity contribution in [2.75, 3.05) is 0 Å². The van der Waals surface area contributed by atoms with Gasteiger partial charge in [0.15, 0.2) is 5.76 Å². The molecule has 0 bridgehead atoms. The van der Waals surface area contributed by atoms with Crippen LogP contribution in [0, 0.1) is 0 Å². The molecule has 3 rings (SSSR count). The van der Waals surface area contributed by atoms with Gasteiger partial charge < -0.3 is 9.47 Å². The molecule has 1 aliphatic heterocycles. The number of Topliss-reactive ketones (excluding diaryl/α,β-unsaturated/α-hetero) is 1. The number of carbonyl (C=O) groups is 2. The highest BCUT2D eigenvalue weighted by atomic mass is 35.5. The number of carbonyl (C=O) groups excluding carboxylic acids is 2. The maximum atomic E-state index is 12.4. The first-order chi connectivity index (χ1) is 11.5. The molecule has 1 aliphatic rings. The summed E-state index contributed by atoms with van der Waals surface area (Å²) in [5, 5.41) is 0.923. The van der Waals surface area contributed by atoms with E-state index >= 15 is 0 Å². The molecule has 24 heavy (non-hydrogen) atoms. The Hall–Kier alpha value is -2.30. The lowest BCUT2D eigenvalue weighted by Crippen LogP contribution is -2.05. The monoisotopic (exact) mass is 362 g/mol. The summed E-state index contributed by atoms with van der Waals surface area (Å²) in [5.74, 6) is 0.206. The summed E-state index contributed by atoms with van der Waals surface area (Å²) in [6, 6.07) is 9.61. The Morgan fingerprint density at radius 1 is 1.21 bits per heavy atom. The molecule has 0 N–H and O–H groups in total. The minimum absolute atomic E-state index is 0.146. The van der Waals surface area contributed by atoms with Crippen LogP contribution in [0.2, 0.25) is 10.0 Å². The lowest BCUT2D eigenvalue weighted by molar-refractivity contribution is -0.134. The van der Waals surface area contributed by atoms with Crippen molar-refractivity contribution in [3.05, 3.63) is 63.3 Å². The van der Waals surface area contributed by atoms with Gasteiger partial charge in [-0.3, -0.25) is 9.59 Å². The van der Waals surface area contributed by atoms with Gasteiger partial charge in [-0.2, -0.15) is 0 Å². The molecule has 0 saturated carbocycles. The molecule has 0 radical (unpaired) electrons. The van der Waals surface area contributed by atoms with E-state index in [1.54, 1.807) is 43.3 Å². The van der Waals surface area contributed by atoms with E-state index in [9.17, 15) is 9.59 Å². The van der Waals surface area contributed by atoms with E-state index in [1.807, 2.05) is 0 Å². The zero-order valence-corrected chi connectivity index (χ0v) is 14.1. The van der Waals surface area contributed by atoms with Gasteiger partial charge in [-0.05, 0) is 35.9 Å². The average molecular weight is 363 g/mol. The second kappa shape index (κ2) is 6.67. The fourth-order valence-electron chi connectivity index (χ4n) is 2.19. The summed E-state index contributed by atoms with van der Waals surface area (Å²) < 4.78 is 10.7. The zero-order valence-electron chi connectivity index (χ0n) is 12.6. The number of halogens is 2. The highest BCUT2D eigenvalue weighted by Gasteiger charge is 2.28. The predicted molar refractivity (Wildman–Crippen MR) is 91.8 cm³/mol. The van der Waals surface area contributed by atoms with E-state index < -0.39 is 0 Å². The summed E-state index contributed by atoms with van der Waals surface area (Å²) >= 11 is 12.0. The van der Waals surface area contributed by atoms with Crippen LogP contribution in [0.25, 0.3) is 6.08 Å². The summed E-state index contributed by atoms with van der Waals surface area (Å²) in [7, 11) is 0. The van der Waals surface area contributed by atoms with Crippen LogP contribution in [0.3, 0.4) is 0 Å². The standard InChI is InChI=1S/C18H12Cl2O4/c1-2-17(21)23-12-5-6-13-15(9-12)24-16(18(13)22)7-10-3-4-11(19)8-14(10)20/h3-9H,2H2,1H3/b16-7-. The number of fused-ring (bicyclic) bond motifs is 1. The second-order valence-electron chi connectivity index (χ2n) is 5.09. The molecule has 0 aliphatic carbocycles. The molecule has 1 heterocycles. The Labute approximate surface area is 148 Å². The first-order valence-corrected chi connectivity index (χ1v) is 7.97. The van der Waals surface area contributed by atoms with Crippen molar-refractivity contribution in [3.8, 4) is 11.5 Å². The molecule has 0 spiro atoms. The van der Waals surface area contributed by atoms with Crippen LogP contribution in [-0.2, 0) is 4.79 Å². The van der Waals surface area contributed by atoms with Gasteiger partial charge in [-0.25, -0.2) is 0 Å². The quantitative estimate of drug-likeness (QED) is 0.441. The Balaban J connectivity index is 1.90. The number of benzene rings is 2. The first kappa shape index (κ1) is 16.6. The van der Waals surface area contributed by atoms with Crippen molar-refractivity contribution in [2.45, 2.75) is 13.3 Å². The zero-order chi connectivity index (χ0) is 17.3. The smallest absolute Gasteiger partial charge is 0.310 e. The molecule has 4 nitrogen and oxygen atoms in total. The fraction of sp³-hybridized carbons (Fsp3) is 0.111. The van der Waals surface area contributed by atoms with Crippen LogP contribution >= 0.6 is 23.2 Å². The number of ketones is 1. The third-order valence-corrected chi connectivity index (χ3v) is 3.97. The van der Waals surface area contributed by atoms with Crippen molar-refractivity contribution in [2.24, 2.45) is 0 Å². The third-order valence-electron chi connectivity index (χ3n) is 3.41. The van der Waals surface area contributed by atoms with Gasteiger partial charge in [0.25, 0.3) is 0 Å². The predicted octanol–water partition coefficient (Wildman–Crippen LogP) is 4.93. The Morgan fingerprint density at radius 3 is 2.71 bits per heavy atom. The topological polar surface area (TPSA) is 52.6 Å². The summed E-state index contributed by atoms with van der Waals surface area (Å²) in [6.45, 7) is 1.70. The third kappa shape index (κ3) is 3.30. The van der Waals surface area contributed by atoms with Gasteiger partial charge in [0.2, 0.25) is 5.78 Å². The molecule has 6 heteroatoms. The van der Waals surface area contributed by atoms with Gasteiger partial charge >= 0.3 is 5.97 Å². The number of esters is 1. The molecular formula is C18H12Cl2O4. The number of hydrogen-bond donors (Lipinski definition) is 0. The number of hydrogen-bond acceptors (Lipinski definition) is 4. The van der Waals surface area contributed by atoms with Crippen LogP contribution in [0.15, 0.2) is 42.2 Å². The lowest BCUT2D eigenvalue weighted by Gasteiger charge is -2.04. The van der Waals surface area contributed by atoms with E-state index in [0.717, 1.165) is 0 Å². The van der Waals surface area contributed by atoms with E-state index in [1.165, 1.54) is 6.07 Å². The van der Waals surface area contributed by atoms with Gasteiger partial charge in [0.05, 0.1) is 5.56 Å². The highest BCUT2D eigenvalue weighted by Crippen LogP contribution is 2.35. The molecule has 122 valence electrons. The van der Waals surface area contributed by atoms with Crippen LogP contribution in [0.5, 0.6) is 11.5 Å². The van der Waals surface area contributed by atoms with E-state index in [4.69, 9.17) is 32.7 Å². The summed E-state index contributed by atoms with van der Waals surface area (Å²) in [4.78, 5) is 23.7. The van der Waals surface area contributed by atoms with Crippen molar-refractivity contribution >= 4 is 41.0 Å². The van der Waals surface area contributed by atoms with E-state index in [0.29, 0.717) is 32.7 Å². The SMILES string of the molecule is CCC(=O)Oc1ccc2c(c1)O/C(=C\c1ccc(Cl)cc1Cl)C2=O. The molecule has 0 fully saturated rings. The molecule has 0 amide bonds. The first-order valence-electron chi connectivity index (χ1n) is 7.22. The van der Waals surface area contributed by atoms with Gasteiger partial charge in [-0.1, -0.05) is 36.2 Å². The normalized spacial score (nSPS) is 14.5. The molecule has 2 aromatic carbocycles. The van der Waals surface area contributed by atoms with Crippen molar-refractivity contribution < 1.29 is 19.1 Å². The van der Waals surface area contributed by atoms with Crippen molar-refractivity contribution in [3.63, 3.8) is 0 Å². The lowest BCUT2D eigenvalue weighted by atomic mass is 10.1. The maximum Gasteiger partial charge on any atom is 0.310 e. The average Bonchev–Trinajstić information content (AvgIpc) is 2.85. The van der Waals surface area contributed by atoms with Gasteiger partial charge in [-0.15, -0.1) is 0 Å². The molecule has 0 unspecified atom stereocenters. The minimum atomic E-state index is -0.358. The minimum Gasteiger partial charge on any atom is -0.452 e. The highest BCUT2D eigenvalue weighted by molar-refractivity contribution is 6.35. The molecule has 0 atom stereocenters. The van der Waals surface area contributed by atoms with Crippen LogP contribution in [0.1, 0.15) is 29.3 Å². The molecular weight excluding hydrogens is 351 g/mol. The summed E-state index contributed by atoms with van der Waals surface area (Å²) in [6.07, 6.45) is 1.82. The molecule has 0 aromatic heterocycles. The Bertz CT molecular complexity index is 871. The number of rotatable bonds is 3. The number of ether oxygens (including phenoxy) is 2. The van der Waals surface area contributed by atoms with Crippen LogP contribution in [0.4, 0.5) is 0 Å². The van der Waals surface area contributed by atoms with Crippen molar-refractivity contribution in [1.29, 1.82) is 0 Å². The Morgan fingerprint density at radius 2 is 2.00 bits per heavy atom. The van der Waals surface area contributed by atoms with Crippen molar-refractivity contribution in [1.82, 2.24) is 0 Å². The molecule has 0 saturated heterocycles. The largest absolute Gasteiger partial charge is 0.452 e. The molecule has 2 aromatic rings. The maximum absolute atomic E-state index is 12.4. The van der Waals surface area contributed by atoms with Gasteiger partial charge in [0, 0.05) is 22.5 Å². The van der Waals surface area contributed by atoms with Crippen LogP contribution < -0.4 is 9.47 Å². The summed E-state index contributed by atoms with van der Waals surface area (Å²) in [5.41, 5.74) is 1.03. The van der Waals surface area contributed by atoms with Crippen LogP contribution in [-0.4, -0.2) is 11.8 Å². The Kier molecular flexibility index (Phi) is 4.60. The fourth-order valence-corrected chi connectivity index (χ4v) is 2.66.